The second kappa shape index (κ2) is 6.53. The molecule has 3 aromatic rings. The molecule has 4 saturated carbocycles. The van der Waals surface area contributed by atoms with E-state index in [1.54, 1.807) is 20.3 Å². The number of nitrogens with zero attached hydrogens (tertiary/aromatic N) is 4. The second-order valence-electron chi connectivity index (χ2n) is 9.77. The number of carbonyl (C=O) groups excluding carboxylic acids is 1. The molecule has 162 valence electrons. The highest BCUT2D eigenvalue weighted by Crippen LogP contribution is 2.56. The SMILES string of the molecule is CN(C)C(=O)c1noc(-c2cnc3[nH]ccc3c2NC2C3CC4CC2CC(O)(C4)C3)n1. The molecule has 1 amide bonds. The van der Waals surface area contributed by atoms with Crippen molar-refractivity contribution in [2.45, 2.75) is 43.7 Å². The van der Waals surface area contributed by atoms with E-state index in [0.717, 1.165) is 48.8 Å². The van der Waals surface area contributed by atoms with Gasteiger partial charge in [-0.3, -0.25) is 4.79 Å². The first-order valence-electron chi connectivity index (χ1n) is 10.9. The van der Waals surface area contributed by atoms with Crippen LogP contribution in [-0.2, 0) is 0 Å². The van der Waals surface area contributed by atoms with Crippen LogP contribution in [0.25, 0.3) is 22.5 Å². The molecule has 4 fully saturated rings. The molecule has 0 spiro atoms. The lowest BCUT2D eigenvalue weighted by molar-refractivity contribution is -0.129. The molecule has 3 heterocycles. The molecule has 0 radical (unpaired) electrons. The molecule has 9 nitrogen and oxygen atoms in total. The Bertz CT molecular complexity index is 1150. The number of carbonyl (C=O) groups is 1. The predicted octanol–water partition coefficient (Wildman–Crippen LogP) is 2.67. The van der Waals surface area contributed by atoms with E-state index in [1.165, 1.54) is 4.90 Å². The van der Waals surface area contributed by atoms with Crippen molar-refractivity contribution in [1.29, 1.82) is 0 Å². The van der Waals surface area contributed by atoms with Crippen molar-refractivity contribution < 1.29 is 14.4 Å². The maximum Gasteiger partial charge on any atom is 0.294 e. The van der Waals surface area contributed by atoms with Crippen LogP contribution in [0.15, 0.2) is 23.0 Å². The largest absolute Gasteiger partial charge is 0.390 e. The highest BCUT2D eigenvalue weighted by molar-refractivity contribution is 5.97. The number of aliphatic hydroxyl groups is 1. The zero-order valence-electron chi connectivity index (χ0n) is 17.6. The standard InChI is InChI=1S/C22H26N6O3/c1-28(2)21(29)19-26-20(31-27-19)15-10-24-18-14(3-4-23-18)17(15)25-16-12-5-11-6-13(16)9-22(30,7-11)8-12/h3-4,10-13,16,30H,5-9H2,1-2H3,(H2,23,24,25). The van der Waals surface area contributed by atoms with Crippen molar-refractivity contribution in [3.8, 4) is 11.5 Å². The van der Waals surface area contributed by atoms with Gasteiger partial charge in [-0.2, -0.15) is 4.98 Å². The normalized spacial score (nSPS) is 31.3. The molecule has 4 bridgehead atoms. The molecule has 2 unspecified atom stereocenters. The average molecular weight is 422 g/mol. The summed E-state index contributed by atoms with van der Waals surface area (Å²) in [5.74, 6) is 1.51. The number of fused-ring (bicyclic) bond motifs is 1. The molecule has 0 aromatic carbocycles. The smallest absolute Gasteiger partial charge is 0.294 e. The number of hydrogen-bond donors (Lipinski definition) is 3. The van der Waals surface area contributed by atoms with Crippen LogP contribution >= 0.6 is 0 Å². The monoisotopic (exact) mass is 422 g/mol. The van der Waals surface area contributed by atoms with Gasteiger partial charge in [0.05, 0.1) is 16.9 Å². The van der Waals surface area contributed by atoms with Gasteiger partial charge in [-0.15, -0.1) is 0 Å². The van der Waals surface area contributed by atoms with Gasteiger partial charge in [0.15, 0.2) is 0 Å². The lowest BCUT2D eigenvalue weighted by Crippen LogP contribution is -2.59. The van der Waals surface area contributed by atoms with Crippen molar-refractivity contribution in [2.75, 3.05) is 19.4 Å². The maximum absolute atomic E-state index is 12.2. The van der Waals surface area contributed by atoms with Crippen LogP contribution in [0.4, 0.5) is 5.69 Å². The summed E-state index contributed by atoms with van der Waals surface area (Å²) in [7, 11) is 3.30. The molecule has 0 aliphatic heterocycles. The number of rotatable bonds is 4. The lowest BCUT2D eigenvalue weighted by Gasteiger charge is -2.58. The van der Waals surface area contributed by atoms with Crippen molar-refractivity contribution in [3.05, 3.63) is 24.3 Å². The van der Waals surface area contributed by atoms with Gasteiger partial charge in [0.2, 0.25) is 0 Å². The van der Waals surface area contributed by atoms with Crippen LogP contribution in [-0.4, -0.2) is 61.8 Å². The van der Waals surface area contributed by atoms with E-state index in [4.69, 9.17) is 4.52 Å². The van der Waals surface area contributed by atoms with Gasteiger partial charge in [0.1, 0.15) is 5.65 Å². The Morgan fingerprint density at radius 2 is 2.06 bits per heavy atom. The summed E-state index contributed by atoms with van der Waals surface area (Å²) in [5, 5.41) is 19.6. The molecule has 3 aromatic heterocycles. The predicted molar refractivity (Wildman–Crippen MR) is 113 cm³/mol. The van der Waals surface area contributed by atoms with Crippen LogP contribution in [0.5, 0.6) is 0 Å². The Hall–Kier alpha value is -2.94. The summed E-state index contributed by atoms with van der Waals surface area (Å²) in [6.07, 6.45) is 8.57. The van der Waals surface area contributed by atoms with Gasteiger partial charge in [-0.05, 0) is 55.9 Å². The second-order valence-corrected chi connectivity index (χ2v) is 9.77. The van der Waals surface area contributed by atoms with Crippen LogP contribution in [0.1, 0.15) is 42.7 Å². The average Bonchev–Trinajstić information content (AvgIpc) is 3.38. The van der Waals surface area contributed by atoms with Crippen LogP contribution < -0.4 is 5.32 Å². The zero-order valence-corrected chi connectivity index (χ0v) is 17.6. The fraction of sp³-hybridized carbons (Fsp3) is 0.545. The summed E-state index contributed by atoms with van der Waals surface area (Å²) in [6, 6.07) is 2.27. The Labute approximate surface area is 179 Å². The third-order valence-corrected chi connectivity index (χ3v) is 7.39. The van der Waals surface area contributed by atoms with Gasteiger partial charge in [0.25, 0.3) is 17.6 Å². The Morgan fingerprint density at radius 3 is 2.77 bits per heavy atom. The quantitative estimate of drug-likeness (QED) is 0.591. The number of nitrogens with one attached hydrogen (secondary N) is 2. The highest BCUT2D eigenvalue weighted by Gasteiger charge is 2.54. The van der Waals surface area contributed by atoms with Crippen molar-refractivity contribution in [2.24, 2.45) is 17.8 Å². The molecule has 4 aliphatic carbocycles. The molecule has 31 heavy (non-hydrogen) atoms. The van der Waals surface area contributed by atoms with Crippen molar-refractivity contribution in [3.63, 3.8) is 0 Å². The van der Waals surface area contributed by atoms with Gasteiger partial charge in [0, 0.05) is 37.9 Å². The van der Waals surface area contributed by atoms with Crippen LogP contribution in [0.2, 0.25) is 0 Å². The highest BCUT2D eigenvalue weighted by atomic mass is 16.5. The summed E-state index contributed by atoms with van der Waals surface area (Å²) in [6.45, 7) is 0. The van der Waals surface area contributed by atoms with E-state index in [9.17, 15) is 9.90 Å². The maximum atomic E-state index is 12.2. The molecule has 3 N–H and O–H groups in total. The topological polar surface area (TPSA) is 120 Å². The number of anilines is 1. The van der Waals surface area contributed by atoms with E-state index in [0.29, 0.717) is 23.3 Å². The summed E-state index contributed by atoms with van der Waals surface area (Å²) < 4.78 is 5.47. The molecular weight excluding hydrogens is 396 g/mol. The molecular formula is C22H26N6O3. The lowest BCUT2D eigenvalue weighted by atomic mass is 9.52. The third-order valence-electron chi connectivity index (χ3n) is 7.39. The first-order chi connectivity index (χ1) is 14.9. The van der Waals surface area contributed by atoms with Gasteiger partial charge >= 0.3 is 0 Å². The summed E-state index contributed by atoms with van der Waals surface area (Å²) in [4.78, 5) is 25.7. The Kier molecular flexibility index (Phi) is 3.96. The van der Waals surface area contributed by atoms with E-state index in [1.807, 2.05) is 12.3 Å². The molecule has 9 heteroatoms. The molecule has 2 atom stereocenters. The zero-order chi connectivity index (χ0) is 21.3. The number of aromatic nitrogens is 4. The summed E-state index contributed by atoms with van der Waals surface area (Å²) >= 11 is 0. The number of pyridine rings is 1. The Balaban J connectivity index is 1.39. The number of H-pyrrole nitrogens is 1. The first-order valence-corrected chi connectivity index (χ1v) is 10.9. The van der Waals surface area contributed by atoms with E-state index in [2.05, 4.69) is 25.4 Å². The Morgan fingerprint density at radius 1 is 1.29 bits per heavy atom. The molecule has 0 saturated heterocycles. The van der Waals surface area contributed by atoms with Crippen LogP contribution in [0, 0.1) is 17.8 Å². The molecule has 4 aliphatic rings. The van der Waals surface area contributed by atoms with Gasteiger partial charge in [-0.1, -0.05) is 5.16 Å². The minimum absolute atomic E-state index is 0.0250. The van der Waals surface area contributed by atoms with E-state index < -0.39 is 5.60 Å². The van der Waals surface area contributed by atoms with Crippen LogP contribution in [0.3, 0.4) is 0 Å². The fourth-order valence-electron chi connectivity index (χ4n) is 6.33. The number of aromatic amines is 1. The number of amides is 1. The van der Waals surface area contributed by atoms with Crippen molar-refractivity contribution in [1.82, 2.24) is 25.0 Å². The van der Waals surface area contributed by atoms with Gasteiger partial charge < -0.3 is 24.8 Å². The first kappa shape index (κ1) is 18.8. The van der Waals surface area contributed by atoms with Crippen molar-refractivity contribution >= 4 is 22.6 Å². The van der Waals surface area contributed by atoms with E-state index in [-0.39, 0.29) is 23.7 Å². The minimum atomic E-state index is -0.479. The third kappa shape index (κ3) is 2.94. The fourth-order valence-corrected chi connectivity index (χ4v) is 6.33. The molecule has 7 rings (SSSR count). The number of hydrogen-bond acceptors (Lipinski definition) is 7. The minimum Gasteiger partial charge on any atom is -0.390 e. The van der Waals surface area contributed by atoms with E-state index >= 15 is 0 Å². The van der Waals surface area contributed by atoms with Gasteiger partial charge in [-0.25, -0.2) is 4.98 Å². The summed E-state index contributed by atoms with van der Waals surface area (Å²) in [5.41, 5.74) is 1.87.